The largest absolute Gasteiger partial charge is 0.323 e. The molecule has 7 nitrogen and oxygen atoms in total. The monoisotopic (exact) mass is 438 g/mol. The fourth-order valence-corrected chi connectivity index (χ4v) is 4.28. The van der Waals surface area contributed by atoms with Gasteiger partial charge in [0.1, 0.15) is 11.6 Å². The van der Waals surface area contributed by atoms with Crippen molar-refractivity contribution in [2.45, 2.75) is 30.2 Å². The zero-order chi connectivity index (χ0) is 22.0. The smallest absolute Gasteiger partial charge is 0.257 e. The van der Waals surface area contributed by atoms with Gasteiger partial charge in [-0.2, -0.15) is 0 Å². The lowest BCUT2D eigenvalue weighted by Crippen LogP contribution is -2.36. The van der Waals surface area contributed by atoms with E-state index in [0.29, 0.717) is 10.9 Å². The minimum atomic E-state index is -1.07. The highest BCUT2D eigenvalue weighted by Crippen LogP contribution is 2.31. The van der Waals surface area contributed by atoms with Crippen LogP contribution in [0.25, 0.3) is 0 Å². The number of hydrogen-bond donors (Lipinski definition) is 3. The van der Waals surface area contributed by atoms with Crippen molar-refractivity contribution in [3.8, 4) is 0 Å². The molecule has 0 unspecified atom stereocenters. The zero-order valence-electron chi connectivity index (χ0n) is 16.6. The molecule has 0 fully saturated rings. The SMILES string of the molecule is Cc1ccccc1CSc1nc2c(c(=O)[nH]1)[C@H](C(=O)Nc1ccccc1F)CC(=O)N2. The molecule has 0 saturated heterocycles. The lowest BCUT2D eigenvalue weighted by molar-refractivity contribution is -0.123. The molecular weight excluding hydrogens is 419 g/mol. The molecule has 3 N–H and O–H groups in total. The number of rotatable bonds is 5. The van der Waals surface area contributed by atoms with Gasteiger partial charge in [0.15, 0.2) is 5.16 Å². The molecule has 2 aromatic carbocycles. The predicted molar refractivity (Wildman–Crippen MR) is 117 cm³/mol. The van der Waals surface area contributed by atoms with E-state index in [1.54, 1.807) is 6.07 Å². The Kier molecular flexibility index (Phi) is 5.85. The summed E-state index contributed by atoms with van der Waals surface area (Å²) in [7, 11) is 0. The lowest BCUT2D eigenvalue weighted by atomic mass is 9.92. The van der Waals surface area contributed by atoms with E-state index in [-0.39, 0.29) is 23.5 Å². The molecule has 9 heteroatoms. The summed E-state index contributed by atoms with van der Waals surface area (Å²) >= 11 is 1.32. The highest BCUT2D eigenvalue weighted by molar-refractivity contribution is 7.98. The number of aryl methyl sites for hydroxylation is 1. The van der Waals surface area contributed by atoms with Gasteiger partial charge in [-0.25, -0.2) is 9.37 Å². The van der Waals surface area contributed by atoms with E-state index in [2.05, 4.69) is 20.6 Å². The van der Waals surface area contributed by atoms with Crippen molar-refractivity contribution >= 4 is 35.1 Å². The number of aromatic amines is 1. The molecule has 2 amide bonds. The van der Waals surface area contributed by atoms with Crippen LogP contribution < -0.4 is 16.2 Å². The summed E-state index contributed by atoms with van der Waals surface area (Å²) in [5.41, 5.74) is 1.75. The molecule has 1 aliphatic heterocycles. The zero-order valence-corrected chi connectivity index (χ0v) is 17.4. The summed E-state index contributed by atoms with van der Waals surface area (Å²) in [6.07, 6.45) is -0.228. The molecule has 0 spiro atoms. The molecule has 3 aromatic rings. The van der Waals surface area contributed by atoms with Crippen LogP contribution in [0.2, 0.25) is 0 Å². The van der Waals surface area contributed by atoms with Gasteiger partial charge in [0.05, 0.1) is 17.2 Å². The molecule has 0 radical (unpaired) electrons. The molecule has 158 valence electrons. The Morgan fingerprint density at radius 2 is 1.94 bits per heavy atom. The van der Waals surface area contributed by atoms with E-state index in [1.807, 2.05) is 31.2 Å². The van der Waals surface area contributed by atoms with Gasteiger partial charge in [-0.15, -0.1) is 0 Å². The van der Waals surface area contributed by atoms with E-state index in [0.717, 1.165) is 11.1 Å². The maximum Gasteiger partial charge on any atom is 0.257 e. The number of thioether (sulfide) groups is 1. The van der Waals surface area contributed by atoms with E-state index in [4.69, 9.17) is 0 Å². The first-order chi connectivity index (χ1) is 14.9. The van der Waals surface area contributed by atoms with Crippen LogP contribution in [0.3, 0.4) is 0 Å². The van der Waals surface area contributed by atoms with Crippen molar-refractivity contribution in [3.05, 3.63) is 81.4 Å². The van der Waals surface area contributed by atoms with E-state index in [9.17, 15) is 18.8 Å². The van der Waals surface area contributed by atoms with Crippen molar-refractivity contribution in [3.63, 3.8) is 0 Å². The number of carbonyl (C=O) groups is 2. The topological polar surface area (TPSA) is 104 Å². The first kappa shape index (κ1) is 20.8. The number of anilines is 2. The molecule has 1 aromatic heterocycles. The standard InChI is InChI=1S/C22H19FN4O3S/c1-12-6-2-3-7-13(12)11-31-22-26-19-18(21(30)27-22)14(10-17(28)25-19)20(29)24-16-9-5-4-8-15(16)23/h2-9,14H,10-11H2,1H3,(H,24,29)(H2,25,26,27,28,30)/t14-/m1/s1. The highest BCUT2D eigenvalue weighted by atomic mass is 32.2. The molecule has 1 aliphatic rings. The number of fused-ring (bicyclic) bond motifs is 1. The van der Waals surface area contributed by atoms with Crippen molar-refractivity contribution < 1.29 is 14.0 Å². The van der Waals surface area contributed by atoms with Gasteiger partial charge in [0, 0.05) is 12.2 Å². The van der Waals surface area contributed by atoms with Crippen molar-refractivity contribution in [1.29, 1.82) is 0 Å². The maximum atomic E-state index is 13.9. The normalized spacial score (nSPS) is 15.2. The molecule has 2 heterocycles. The second-order valence-corrected chi connectivity index (χ2v) is 8.09. The van der Waals surface area contributed by atoms with Gasteiger partial charge >= 0.3 is 0 Å². The first-order valence-corrected chi connectivity index (χ1v) is 10.6. The van der Waals surface area contributed by atoms with Gasteiger partial charge in [-0.3, -0.25) is 14.4 Å². The number of carbonyl (C=O) groups excluding carboxylic acids is 2. The second-order valence-electron chi connectivity index (χ2n) is 7.12. The Hall–Kier alpha value is -3.46. The number of benzene rings is 2. The summed E-state index contributed by atoms with van der Waals surface area (Å²) < 4.78 is 13.9. The predicted octanol–water partition coefficient (Wildman–Crippen LogP) is 3.57. The minimum absolute atomic E-state index is 0.0187. The Morgan fingerprint density at radius 1 is 1.19 bits per heavy atom. The fraction of sp³-hybridized carbons (Fsp3) is 0.182. The quantitative estimate of drug-likeness (QED) is 0.417. The summed E-state index contributed by atoms with van der Waals surface area (Å²) in [4.78, 5) is 44.8. The Labute approximate surface area is 181 Å². The van der Waals surface area contributed by atoms with Gasteiger partial charge in [-0.1, -0.05) is 48.2 Å². The third kappa shape index (κ3) is 4.51. The van der Waals surface area contributed by atoms with Crippen LogP contribution >= 0.6 is 11.8 Å². The Bertz CT molecular complexity index is 1230. The molecule has 0 aliphatic carbocycles. The van der Waals surface area contributed by atoms with Gasteiger partial charge in [0.2, 0.25) is 11.8 Å². The average Bonchev–Trinajstić information content (AvgIpc) is 2.74. The number of nitrogens with zero attached hydrogens (tertiary/aromatic N) is 1. The number of para-hydroxylation sites is 1. The third-order valence-electron chi connectivity index (χ3n) is 5.00. The number of nitrogens with one attached hydrogen (secondary N) is 3. The van der Waals surface area contributed by atoms with Gasteiger partial charge in [-0.05, 0) is 30.2 Å². The van der Waals surface area contributed by atoms with Crippen molar-refractivity contribution in [1.82, 2.24) is 9.97 Å². The van der Waals surface area contributed by atoms with Crippen molar-refractivity contribution in [2.75, 3.05) is 10.6 Å². The summed E-state index contributed by atoms with van der Waals surface area (Å²) in [6.45, 7) is 2.00. The van der Waals surface area contributed by atoms with Gasteiger partial charge in [0.25, 0.3) is 5.56 Å². The lowest BCUT2D eigenvalue weighted by Gasteiger charge is -2.23. The van der Waals surface area contributed by atoms with Crippen LogP contribution in [0, 0.1) is 12.7 Å². The first-order valence-electron chi connectivity index (χ1n) is 9.59. The number of aromatic nitrogens is 2. The van der Waals surface area contributed by atoms with E-state index in [1.165, 1.54) is 30.0 Å². The van der Waals surface area contributed by atoms with Crippen LogP contribution in [-0.4, -0.2) is 21.8 Å². The second kappa shape index (κ2) is 8.73. The Balaban J connectivity index is 1.59. The number of H-pyrrole nitrogens is 1. The van der Waals surface area contributed by atoms with Crippen molar-refractivity contribution in [2.24, 2.45) is 0 Å². The van der Waals surface area contributed by atoms with E-state index >= 15 is 0 Å². The molecular formula is C22H19FN4O3S. The molecule has 0 bridgehead atoms. The van der Waals surface area contributed by atoms with E-state index < -0.39 is 29.1 Å². The summed E-state index contributed by atoms with van der Waals surface area (Å²) in [5.74, 6) is -2.12. The minimum Gasteiger partial charge on any atom is -0.323 e. The molecule has 1 atom stereocenters. The summed E-state index contributed by atoms with van der Waals surface area (Å²) in [6, 6.07) is 13.6. The van der Waals surface area contributed by atoms with Crippen LogP contribution in [0.4, 0.5) is 15.9 Å². The van der Waals surface area contributed by atoms with Crippen LogP contribution in [0.15, 0.2) is 58.5 Å². The molecule has 4 rings (SSSR count). The third-order valence-corrected chi connectivity index (χ3v) is 5.93. The number of amides is 2. The molecule has 31 heavy (non-hydrogen) atoms. The fourth-order valence-electron chi connectivity index (χ4n) is 3.34. The summed E-state index contributed by atoms with van der Waals surface area (Å²) in [5, 5.41) is 5.37. The van der Waals surface area contributed by atoms with Crippen LogP contribution in [-0.2, 0) is 15.3 Å². The van der Waals surface area contributed by atoms with Gasteiger partial charge < -0.3 is 15.6 Å². The average molecular weight is 438 g/mol. The number of halogens is 1. The maximum absolute atomic E-state index is 13.9. The number of hydrogen-bond acceptors (Lipinski definition) is 5. The highest BCUT2D eigenvalue weighted by Gasteiger charge is 2.35. The Morgan fingerprint density at radius 3 is 2.71 bits per heavy atom. The molecule has 0 saturated carbocycles. The van der Waals surface area contributed by atoms with Crippen LogP contribution in [0.1, 0.15) is 29.0 Å². The van der Waals surface area contributed by atoms with Crippen LogP contribution in [0.5, 0.6) is 0 Å².